The summed E-state index contributed by atoms with van der Waals surface area (Å²) in [5.74, 6) is -0.209. The molecule has 2 N–H and O–H groups in total. The first-order valence-corrected chi connectivity index (χ1v) is 11.7. The molecule has 0 aliphatic carbocycles. The van der Waals surface area contributed by atoms with E-state index in [1.54, 1.807) is 32.9 Å². The van der Waals surface area contributed by atoms with Gasteiger partial charge in [0.05, 0.1) is 4.90 Å². The molecule has 0 aliphatic heterocycles. The maximum atomic E-state index is 12.8. The second-order valence-electron chi connectivity index (χ2n) is 8.51. The molecule has 0 spiro atoms. The number of benzene rings is 3. The van der Waals surface area contributed by atoms with Crippen LogP contribution >= 0.6 is 0 Å². The average Bonchev–Trinajstić information content (AvgIpc) is 2.72. The molecule has 5 nitrogen and oxygen atoms in total. The van der Waals surface area contributed by atoms with Crippen LogP contribution in [0.25, 0.3) is 0 Å². The molecule has 6 heteroatoms. The lowest BCUT2D eigenvalue weighted by molar-refractivity contribution is -0.116. The highest BCUT2D eigenvalue weighted by Gasteiger charge is 2.22. The largest absolute Gasteiger partial charge is 0.326 e. The fourth-order valence-corrected chi connectivity index (χ4v) is 4.79. The van der Waals surface area contributed by atoms with Gasteiger partial charge in [0.1, 0.15) is 0 Å². The van der Waals surface area contributed by atoms with Crippen LogP contribution in [0.3, 0.4) is 0 Å². The first kappa shape index (κ1) is 22.7. The van der Waals surface area contributed by atoms with Crippen molar-refractivity contribution >= 4 is 21.6 Å². The molecule has 0 radical (unpaired) electrons. The van der Waals surface area contributed by atoms with Gasteiger partial charge in [-0.05, 0) is 56.2 Å². The third-order valence-corrected chi connectivity index (χ3v) is 6.46. The van der Waals surface area contributed by atoms with Crippen LogP contribution < -0.4 is 10.0 Å². The molecule has 3 aromatic rings. The van der Waals surface area contributed by atoms with Crippen LogP contribution in [-0.4, -0.2) is 19.9 Å². The fourth-order valence-electron chi connectivity index (χ4n) is 3.38. The van der Waals surface area contributed by atoms with Gasteiger partial charge in [-0.1, -0.05) is 60.7 Å². The van der Waals surface area contributed by atoms with Crippen LogP contribution in [0.4, 0.5) is 5.69 Å². The summed E-state index contributed by atoms with van der Waals surface area (Å²) in [5.41, 5.74) is 2.12. The van der Waals surface area contributed by atoms with E-state index in [1.165, 1.54) is 12.1 Å². The Morgan fingerprint density at radius 2 is 1.29 bits per heavy atom. The van der Waals surface area contributed by atoms with Crippen molar-refractivity contribution < 1.29 is 13.2 Å². The number of rotatable bonds is 7. The first-order valence-electron chi connectivity index (χ1n) is 10.2. The van der Waals surface area contributed by atoms with E-state index in [9.17, 15) is 13.2 Å². The Hall–Kier alpha value is -2.96. The zero-order valence-electron chi connectivity index (χ0n) is 18.0. The van der Waals surface area contributed by atoms with Gasteiger partial charge in [-0.2, -0.15) is 0 Å². The second-order valence-corrected chi connectivity index (χ2v) is 10.2. The third-order valence-electron chi connectivity index (χ3n) is 4.68. The van der Waals surface area contributed by atoms with Crippen molar-refractivity contribution in [3.05, 3.63) is 96.1 Å². The molecule has 0 saturated heterocycles. The zero-order chi connectivity index (χ0) is 22.5. The van der Waals surface area contributed by atoms with Crippen molar-refractivity contribution in [3.8, 4) is 0 Å². The van der Waals surface area contributed by atoms with Crippen LogP contribution in [0.5, 0.6) is 0 Å². The monoisotopic (exact) mass is 436 g/mol. The van der Waals surface area contributed by atoms with Crippen molar-refractivity contribution in [2.24, 2.45) is 0 Å². The van der Waals surface area contributed by atoms with Crippen molar-refractivity contribution in [1.82, 2.24) is 4.72 Å². The third kappa shape index (κ3) is 6.51. The average molecular weight is 437 g/mol. The molecular formula is C25H28N2O3S. The lowest BCUT2D eigenvalue weighted by Gasteiger charge is -2.20. The molecule has 0 atom stereocenters. The molecule has 0 saturated carbocycles. The van der Waals surface area contributed by atoms with E-state index in [-0.39, 0.29) is 23.1 Å². The Morgan fingerprint density at radius 1 is 0.806 bits per heavy atom. The number of amides is 1. The minimum atomic E-state index is -3.62. The number of hydrogen-bond acceptors (Lipinski definition) is 3. The normalized spacial score (nSPS) is 12.0. The summed E-state index contributed by atoms with van der Waals surface area (Å²) in [7, 11) is -3.62. The summed E-state index contributed by atoms with van der Waals surface area (Å²) >= 11 is 0. The van der Waals surface area contributed by atoms with Crippen molar-refractivity contribution in [3.63, 3.8) is 0 Å². The minimum absolute atomic E-state index is 0.0713. The number of sulfonamides is 1. The minimum Gasteiger partial charge on any atom is -0.326 e. The number of nitrogens with one attached hydrogen (secondary N) is 2. The van der Waals surface area contributed by atoms with Gasteiger partial charge in [-0.3, -0.25) is 4.79 Å². The molecule has 31 heavy (non-hydrogen) atoms. The lowest BCUT2D eigenvalue weighted by Crippen LogP contribution is -2.40. The van der Waals surface area contributed by atoms with Crippen LogP contribution in [-0.2, 0) is 14.8 Å². The van der Waals surface area contributed by atoms with E-state index in [4.69, 9.17) is 0 Å². The summed E-state index contributed by atoms with van der Waals surface area (Å²) in [6.07, 6.45) is 0.277. The van der Waals surface area contributed by atoms with Gasteiger partial charge in [-0.25, -0.2) is 13.1 Å². The summed E-state index contributed by atoms with van der Waals surface area (Å²) in [4.78, 5) is 13.0. The van der Waals surface area contributed by atoms with Gasteiger partial charge in [-0.15, -0.1) is 0 Å². The van der Waals surface area contributed by atoms with E-state index < -0.39 is 15.6 Å². The van der Waals surface area contributed by atoms with Gasteiger partial charge in [0, 0.05) is 23.6 Å². The Balaban J connectivity index is 1.73. The van der Waals surface area contributed by atoms with E-state index >= 15 is 0 Å². The molecule has 3 aromatic carbocycles. The molecule has 1 amide bonds. The zero-order valence-corrected chi connectivity index (χ0v) is 18.8. The summed E-state index contributed by atoms with van der Waals surface area (Å²) in [6.45, 7) is 5.36. The highest BCUT2D eigenvalue weighted by atomic mass is 32.2. The van der Waals surface area contributed by atoms with E-state index in [2.05, 4.69) is 10.0 Å². The Labute approximate surface area is 184 Å². The van der Waals surface area contributed by atoms with Crippen LogP contribution in [0.1, 0.15) is 44.2 Å². The van der Waals surface area contributed by atoms with Crippen LogP contribution in [0, 0.1) is 0 Å². The summed E-state index contributed by atoms with van der Waals surface area (Å²) in [5, 5.41) is 2.88. The van der Waals surface area contributed by atoms with Gasteiger partial charge < -0.3 is 5.32 Å². The Morgan fingerprint density at radius 3 is 1.74 bits per heavy atom. The SMILES string of the molecule is CC(C)(C)NS(=O)(=O)c1ccc(NC(=O)CC(c2ccccc2)c2ccccc2)cc1. The maximum Gasteiger partial charge on any atom is 0.241 e. The molecule has 0 aliphatic rings. The lowest BCUT2D eigenvalue weighted by atomic mass is 9.88. The Kier molecular flexibility index (Phi) is 6.93. The van der Waals surface area contributed by atoms with Crippen molar-refractivity contribution in [2.75, 3.05) is 5.32 Å². The van der Waals surface area contributed by atoms with E-state index in [1.807, 2.05) is 60.7 Å². The quantitative estimate of drug-likeness (QED) is 0.552. The molecule has 3 rings (SSSR count). The predicted molar refractivity (Wildman–Crippen MR) is 124 cm³/mol. The molecule has 0 heterocycles. The smallest absolute Gasteiger partial charge is 0.241 e. The van der Waals surface area contributed by atoms with Crippen molar-refractivity contribution in [1.29, 1.82) is 0 Å². The number of carbonyl (C=O) groups excluding carboxylic acids is 1. The molecule has 0 bridgehead atoms. The topological polar surface area (TPSA) is 75.3 Å². The molecule has 162 valence electrons. The molecule has 0 aromatic heterocycles. The molecular weight excluding hydrogens is 408 g/mol. The number of hydrogen-bond donors (Lipinski definition) is 2. The number of anilines is 1. The predicted octanol–water partition coefficient (Wildman–Crippen LogP) is 4.92. The molecule has 0 unspecified atom stereocenters. The summed E-state index contributed by atoms with van der Waals surface area (Å²) < 4.78 is 27.5. The van der Waals surface area contributed by atoms with Gasteiger partial charge in [0.15, 0.2) is 0 Å². The van der Waals surface area contributed by atoms with E-state index in [0.29, 0.717) is 5.69 Å². The van der Waals surface area contributed by atoms with Crippen LogP contribution in [0.2, 0.25) is 0 Å². The highest BCUT2D eigenvalue weighted by Crippen LogP contribution is 2.28. The van der Waals surface area contributed by atoms with Gasteiger partial charge >= 0.3 is 0 Å². The first-order chi connectivity index (χ1) is 14.6. The number of carbonyl (C=O) groups is 1. The van der Waals surface area contributed by atoms with E-state index in [0.717, 1.165) is 11.1 Å². The standard InChI is InChI=1S/C25H28N2O3S/c1-25(2,3)27-31(29,30)22-16-14-21(15-17-22)26-24(28)18-23(19-10-6-4-7-11-19)20-12-8-5-9-13-20/h4-17,23,27H,18H2,1-3H3,(H,26,28). The maximum absolute atomic E-state index is 12.8. The summed E-state index contributed by atoms with van der Waals surface area (Å²) in [6, 6.07) is 26.1. The van der Waals surface area contributed by atoms with Gasteiger partial charge in [0.2, 0.25) is 15.9 Å². The van der Waals surface area contributed by atoms with Crippen LogP contribution in [0.15, 0.2) is 89.8 Å². The second kappa shape index (κ2) is 9.45. The van der Waals surface area contributed by atoms with Crippen molar-refractivity contribution in [2.45, 2.75) is 43.5 Å². The molecule has 0 fully saturated rings. The Bertz CT molecular complexity index is 1070. The highest BCUT2D eigenvalue weighted by molar-refractivity contribution is 7.89. The van der Waals surface area contributed by atoms with Gasteiger partial charge in [0.25, 0.3) is 0 Å². The fraction of sp³-hybridized carbons (Fsp3) is 0.240.